The Morgan fingerprint density at radius 3 is 2.40 bits per heavy atom. The molecule has 0 fully saturated rings. The van der Waals surface area contributed by atoms with Crippen LogP contribution < -0.4 is 0 Å². The predicted octanol–water partition coefficient (Wildman–Crippen LogP) is 4.92. The molecule has 0 heterocycles. The number of aliphatic hydroxyl groups excluding tert-OH is 1. The molecule has 2 unspecified atom stereocenters. The Labute approximate surface area is 152 Å². The third kappa shape index (κ3) is 14.6. The molecule has 0 spiro atoms. The van der Waals surface area contributed by atoms with Gasteiger partial charge in [0.25, 0.3) is 0 Å². The highest BCUT2D eigenvalue weighted by Gasteiger charge is 2.27. The van der Waals surface area contributed by atoms with Gasteiger partial charge in [-0.05, 0) is 25.7 Å². The first-order chi connectivity index (χ1) is 12.1. The van der Waals surface area contributed by atoms with Crippen molar-refractivity contribution in [3.63, 3.8) is 0 Å². The van der Waals surface area contributed by atoms with Crippen LogP contribution in [0.25, 0.3) is 0 Å². The van der Waals surface area contributed by atoms with Crippen molar-refractivity contribution in [2.75, 3.05) is 0 Å². The van der Waals surface area contributed by atoms with E-state index in [0.717, 1.165) is 32.1 Å². The molecule has 25 heavy (non-hydrogen) atoms. The van der Waals surface area contributed by atoms with Crippen LogP contribution in [0.3, 0.4) is 0 Å². The number of hydrogen-bond acceptors (Lipinski definition) is 4. The lowest BCUT2D eigenvalue weighted by atomic mass is 10.0. The summed E-state index contributed by atoms with van der Waals surface area (Å²) in [5.74, 6) is 0. The lowest BCUT2D eigenvalue weighted by Gasteiger charge is -2.14. The van der Waals surface area contributed by atoms with E-state index < -0.39 is 12.1 Å². The van der Waals surface area contributed by atoms with Gasteiger partial charge in [0.1, 0.15) is 6.10 Å². The molecule has 0 aromatic rings. The summed E-state index contributed by atoms with van der Waals surface area (Å²) in [5, 5.41) is 21.2. The monoisotopic (exact) mass is 352 g/mol. The van der Waals surface area contributed by atoms with E-state index in [9.17, 15) is 20.0 Å². The van der Waals surface area contributed by atoms with Crippen molar-refractivity contribution in [2.45, 2.75) is 96.1 Å². The zero-order valence-electron chi connectivity index (χ0n) is 15.6. The average molecular weight is 352 g/mol. The fraction of sp³-hybridized carbons (Fsp3) is 0.750. The molecule has 0 bridgehead atoms. The third-order valence-corrected chi connectivity index (χ3v) is 4.20. The summed E-state index contributed by atoms with van der Waals surface area (Å²) in [5.41, 5.74) is 0. The molecular formula is C20H34NO4. The van der Waals surface area contributed by atoms with Gasteiger partial charge in [-0.3, -0.25) is 14.9 Å². The van der Waals surface area contributed by atoms with Crippen molar-refractivity contribution >= 4 is 6.29 Å². The van der Waals surface area contributed by atoms with E-state index in [1.54, 1.807) is 6.08 Å². The molecular weight excluding hydrogens is 318 g/mol. The van der Waals surface area contributed by atoms with E-state index >= 15 is 0 Å². The van der Waals surface area contributed by atoms with Gasteiger partial charge in [-0.25, -0.2) is 0 Å². The van der Waals surface area contributed by atoms with Crippen LogP contribution in [0.15, 0.2) is 24.3 Å². The molecule has 1 N–H and O–H groups in total. The summed E-state index contributed by atoms with van der Waals surface area (Å²) >= 11 is 0. The van der Waals surface area contributed by atoms with Gasteiger partial charge in [-0.15, -0.1) is 0 Å². The first-order valence-electron chi connectivity index (χ1n) is 9.60. The van der Waals surface area contributed by atoms with E-state index in [-0.39, 0.29) is 11.3 Å². The SMILES string of the molecule is CCCCCCCCC(O)C(C/C=C\C/C=C\CCC[C]=O)[N+](=O)[O-]. The van der Waals surface area contributed by atoms with Crippen molar-refractivity contribution < 1.29 is 14.8 Å². The maximum atomic E-state index is 11.1. The van der Waals surface area contributed by atoms with Gasteiger partial charge < -0.3 is 5.11 Å². The molecule has 5 heteroatoms. The van der Waals surface area contributed by atoms with Crippen molar-refractivity contribution in [2.24, 2.45) is 0 Å². The average Bonchev–Trinajstić information content (AvgIpc) is 2.59. The Kier molecular flexibility index (Phi) is 16.3. The fourth-order valence-electron chi connectivity index (χ4n) is 2.63. The molecule has 2 atom stereocenters. The number of nitro groups is 1. The molecule has 1 radical (unpaired) electrons. The second-order valence-electron chi connectivity index (χ2n) is 6.43. The maximum absolute atomic E-state index is 11.1. The number of rotatable bonds is 17. The Balaban J connectivity index is 3.96. The van der Waals surface area contributed by atoms with E-state index in [2.05, 4.69) is 6.92 Å². The molecule has 5 nitrogen and oxygen atoms in total. The summed E-state index contributed by atoms with van der Waals surface area (Å²) < 4.78 is 0. The minimum absolute atomic E-state index is 0.262. The fourth-order valence-corrected chi connectivity index (χ4v) is 2.63. The van der Waals surface area contributed by atoms with Gasteiger partial charge in [0.05, 0.1) is 0 Å². The number of aliphatic hydroxyl groups is 1. The number of nitrogens with zero attached hydrogens (tertiary/aromatic N) is 1. The number of allylic oxidation sites excluding steroid dienone is 3. The molecule has 0 amide bonds. The van der Waals surface area contributed by atoms with Crippen molar-refractivity contribution in [1.29, 1.82) is 0 Å². The summed E-state index contributed by atoms with van der Waals surface area (Å²) in [6, 6.07) is -0.918. The summed E-state index contributed by atoms with van der Waals surface area (Å²) in [6.07, 6.45) is 18.9. The second kappa shape index (κ2) is 17.3. The standard InChI is InChI=1S/C20H34NO4/c1-2-3-4-5-11-14-17-20(23)19(21(24)25)16-13-10-8-6-7-9-12-15-18-22/h6-7,10,13,19-20,23H,2-5,8-9,11-12,14-17H2,1H3/b7-6-,13-10-. The predicted molar refractivity (Wildman–Crippen MR) is 102 cm³/mol. The van der Waals surface area contributed by atoms with E-state index in [4.69, 9.17) is 0 Å². The van der Waals surface area contributed by atoms with Gasteiger partial charge in [-0.1, -0.05) is 69.8 Å². The van der Waals surface area contributed by atoms with Crippen molar-refractivity contribution in [1.82, 2.24) is 0 Å². The van der Waals surface area contributed by atoms with Gasteiger partial charge in [0, 0.05) is 17.8 Å². The van der Waals surface area contributed by atoms with Crippen molar-refractivity contribution in [3.05, 3.63) is 34.4 Å². The maximum Gasteiger partial charge on any atom is 0.241 e. The Morgan fingerprint density at radius 1 is 1.04 bits per heavy atom. The molecule has 0 aliphatic heterocycles. The Morgan fingerprint density at radius 2 is 1.72 bits per heavy atom. The van der Waals surface area contributed by atoms with Gasteiger partial charge in [-0.2, -0.15) is 0 Å². The Hall–Kier alpha value is -1.49. The summed E-state index contributed by atoms with van der Waals surface area (Å²) in [6.45, 7) is 2.17. The normalized spacial score (nSPS) is 14.2. The lowest BCUT2D eigenvalue weighted by Crippen LogP contribution is -2.33. The Bertz CT molecular complexity index is 393. The summed E-state index contributed by atoms with van der Waals surface area (Å²) in [4.78, 5) is 20.8. The topological polar surface area (TPSA) is 80.4 Å². The van der Waals surface area contributed by atoms with Crippen molar-refractivity contribution in [3.8, 4) is 0 Å². The molecule has 0 aliphatic rings. The number of hydrogen-bond donors (Lipinski definition) is 1. The number of unbranched alkanes of at least 4 members (excludes halogenated alkanes) is 7. The first-order valence-corrected chi connectivity index (χ1v) is 9.60. The zero-order chi connectivity index (χ0) is 18.8. The van der Waals surface area contributed by atoms with Crippen LogP contribution in [0, 0.1) is 10.1 Å². The van der Waals surface area contributed by atoms with E-state index in [1.807, 2.05) is 24.5 Å². The lowest BCUT2D eigenvalue weighted by molar-refractivity contribution is -0.533. The third-order valence-electron chi connectivity index (χ3n) is 4.20. The molecule has 143 valence electrons. The van der Waals surface area contributed by atoms with Gasteiger partial charge >= 0.3 is 0 Å². The smallest absolute Gasteiger partial charge is 0.241 e. The highest BCUT2D eigenvalue weighted by Crippen LogP contribution is 2.14. The van der Waals surface area contributed by atoms with Crippen LogP contribution in [0.1, 0.15) is 84.0 Å². The van der Waals surface area contributed by atoms with Crippen LogP contribution >= 0.6 is 0 Å². The second-order valence-corrected chi connectivity index (χ2v) is 6.43. The zero-order valence-corrected chi connectivity index (χ0v) is 15.6. The molecule has 0 aromatic heterocycles. The minimum atomic E-state index is -0.918. The molecule has 0 aromatic carbocycles. The molecule has 0 saturated carbocycles. The van der Waals surface area contributed by atoms with Gasteiger partial charge in [0.15, 0.2) is 6.29 Å². The van der Waals surface area contributed by atoms with E-state index in [0.29, 0.717) is 19.3 Å². The van der Waals surface area contributed by atoms with E-state index in [1.165, 1.54) is 19.3 Å². The van der Waals surface area contributed by atoms with Crippen LogP contribution in [-0.2, 0) is 4.79 Å². The molecule has 0 saturated heterocycles. The molecule has 0 rings (SSSR count). The molecule has 0 aliphatic carbocycles. The first kappa shape index (κ1) is 23.5. The highest BCUT2D eigenvalue weighted by molar-refractivity contribution is 5.50. The highest BCUT2D eigenvalue weighted by atomic mass is 16.6. The largest absolute Gasteiger partial charge is 0.386 e. The quantitative estimate of drug-likeness (QED) is 0.174. The number of carbonyl (C=O) groups excluding carboxylic acids is 1. The van der Waals surface area contributed by atoms with Gasteiger partial charge in [0.2, 0.25) is 6.04 Å². The summed E-state index contributed by atoms with van der Waals surface area (Å²) in [7, 11) is 0. The van der Waals surface area contributed by atoms with Crippen LogP contribution in [0.5, 0.6) is 0 Å². The van der Waals surface area contributed by atoms with Crippen LogP contribution in [0.4, 0.5) is 0 Å². The van der Waals surface area contributed by atoms with Crippen LogP contribution in [-0.4, -0.2) is 28.5 Å². The van der Waals surface area contributed by atoms with Crippen LogP contribution in [0.2, 0.25) is 0 Å². The minimum Gasteiger partial charge on any atom is -0.386 e.